The van der Waals surface area contributed by atoms with Crippen molar-refractivity contribution in [1.29, 1.82) is 0 Å². The molecule has 0 spiro atoms. The summed E-state index contributed by atoms with van der Waals surface area (Å²) in [5.41, 5.74) is -0.187. The highest BCUT2D eigenvalue weighted by Gasteiger charge is 2.31. The van der Waals surface area contributed by atoms with Crippen molar-refractivity contribution in [2.45, 2.75) is 32.4 Å². The molecule has 27 heavy (non-hydrogen) atoms. The lowest BCUT2D eigenvalue weighted by molar-refractivity contribution is 0.0919. The first kappa shape index (κ1) is 19.8. The second kappa shape index (κ2) is 7.55. The van der Waals surface area contributed by atoms with Gasteiger partial charge in [-0.15, -0.1) is 11.3 Å². The Hall–Kier alpha value is -2.00. The number of nitrogens with one attached hydrogen (secondary N) is 1. The van der Waals surface area contributed by atoms with E-state index in [2.05, 4.69) is 16.3 Å². The summed E-state index contributed by atoms with van der Waals surface area (Å²) in [5, 5.41) is 4.26. The second-order valence-electron chi connectivity index (χ2n) is 6.48. The number of rotatable bonds is 4. The zero-order valence-corrected chi connectivity index (χ0v) is 15.4. The van der Waals surface area contributed by atoms with Gasteiger partial charge >= 0.3 is 0 Å². The maximum absolute atomic E-state index is 13.7. The summed E-state index contributed by atoms with van der Waals surface area (Å²) in [5.74, 6) is -12.2. The van der Waals surface area contributed by atoms with E-state index in [1.54, 1.807) is 11.3 Å². The summed E-state index contributed by atoms with van der Waals surface area (Å²) < 4.78 is 66.9. The van der Waals surface area contributed by atoms with Crippen molar-refractivity contribution in [2.24, 2.45) is 0 Å². The Bertz CT molecular complexity index is 856. The van der Waals surface area contributed by atoms with Gasteiger partial charge in [-0.1, -0.05) is 0 Å². The molecule has 1 aliphatic heterocycles. The molecule has 0 fully saturated rings. The first-order chi connectivity index (χ1) is 12.7. The highest BCUT2D eigenvalue weighted by atomic mass is 32.1. The van der Waals surface area contributed by atoms with Crippen LogP contribution in [0.4, 0.5) is 22.0 Å². The van der Waals surface area contributed by atoms with Crippen molar-refractivity contribution in [3.63, 3.8) is 0 Å². The quantitative estimate of drug-likeness (QED) is 0.471. The Labute approximate surface area is 156 Å². The Balaban J connectivity index is 1.69. The molecule has 1 aromatic heterocycles. The highest BCUT2D eigenvalue weighted by Crippen LogP contribution is 2.35. The Morgan fingerprint density at radius 3 is 2.33 bits per heavy atom. The smallest absolute Gasteiger partial charge is 0.257 e. The third-order valence-electron chi connectivity index (χ3n) is 4.83. The zero-order valence-electron chi connectivity index (χ0n) is 14.6. The normalized spacial score (nSPS) is 19.8. The molecular weight excluding hydrogens is 387 g/mol. The minimum Gasteiger partial charge on any atom is -0.351 e. The molecule has 2 atom stereocenters. The van der Waals surface area contributed by atoms with Crippen LogP contribution < -0.4 is 5.32 Å². The molecule has 3 nitrogen and oxygen atoms in total. The Kier molecular flexibility index (Phi) is 5.53. The van der Waals surface area contributed by atoms with E-state index in [4.69, 9.17) is 0 Å². The first-order valence-corrected chi connectivity index (χ1v) is 9.23. The predicted octanol–water partition coefficient (Wildman–Crippen LogP) is 4.18. The predicted molar refractivity (Wildman–Crippen MR) is 91.2 cm³/mol. The van der Waals surface area contributed by atoms with Crippen molar-refractivity contribution >= 4 is 17.2 Å². The largest absolute Gasteiger partial charge is 0.351 e. The summed E-state index contributed by atoms with van der Waals surface area (Å²) in [4.78, 5) is 15.3. The molecular formula is C18H17F5N2OS. The lowest BCUT2D eigenvalue weighted by atomic mass is 9.97. The van der Waals surface area contributed by atoms with Crippen molar-refractivity contribution in [1.82, 2.24) is 10.2 Å². The molecule has 1 aromatic carbocycles. The number of hydrogen-bond acceptors (Lipinski definition) is 3. The average molecular weight is 404 g/mol. The molecule has 0 unspecified atom stereocenters. The lowest BCUT2D eigenvalue weighted by Gasteiger charge is -2.38. The van der Waals surface area contributed by atoms with Crippen LogP contribution in [0.5, 0.6) is 0 Å². The number of halogens is 5. The van der Waals surface area contributed by atoms with Gasteiger partial charge in [0.1, 0.15) is 5.56 Å². The van der Waals surface area contributed by atoms with Crippen LogP contribution >= 0.6 is 11.3 Å². The molecule has 0 saturated carbocycles. The van der Waals surface area contributed by atoms with Crippen LogP contribution in [-0.2, 0) is 6.42 Å². The van der Waals surface area contributed by atoms with E-state index in [1.165, 1.54) is 10.4 Å². The number of nitrogens with zero attached hydrogens (tertiary/aromatic N) is 1. The SMILES string of the molecule is C[C@@H]1Cc2ccsc2[C@H](C)N1CCNC(=O)c1c(F)c(F)c(F)c(F)c1F. The van der Waals surface area contributed by atoms with Gasteiger partial charge in [-0.2, -0.15) is 0 Å². The molecule has 9 heteroatoms. The van der Waals surface area contributed by atoms with Gasteiger partial charge in [-0.05, 0) is 37.3 Å². The summed E-state index contributed by atoms with van der Waals surface area (Å²) in [6.45, 7) is 4.44. The minimum atomic E-state index is -2.29. The van der Waals surface area contributed by atoms with E-state index in [0.29, 0.717) is 6.54 Å². The molecule has 0 bridgehead atoms. The summed E-state index contributed by atoms with van der Waals surface area (Å²) in [7, 11) is 0. The molecule has 2 heterocycles. The van der Waals surface area contributed by atoms with Gasteiger partial charge < -0.3 is 5.32 Å². The van der Waals surface area contributed by atoms with E-state index in [-0.39, 0.29) is 18.6 Å². The van der Waals surface area contributed by atoms with Crippen LogP contribution in [0.2, 0.25) is 0 Å². The molecule has 1 aliphatic rings. The van der Waals surface area contributed by atoms with E-state index in [0.717, 1.165) is 6.42 Å². The third-order valence-corrected chi connectivity index (χ3v) is 5.96. The van der Waals surface area contributed by atoms with E-state index in [9.17, 15) is 26.7 Å². The Morgan fingerprint density at radius 1 is 1.11 bits per heavy atom. The fourth-order valence-corrected chi connectivity index (χ4v) is 4.47. The number of benzene rings is 1. The minimum absolute atomic E-state index is 0.00766. The molecule has 146 valence electrons. The van der Waals surface area contributed by atoms with Gasteiger partial charge in [0.2, 0.25) is 5.82 Å². The number of thiophene rings is 1. The van der Waals surface area contributed by atoms with Crippen LogP contribution in [0, 0.1) is 29.1 Å². The molecule has 0 saturated heterocycles. The van der Waals surface area contributed by atoms with Crippen LogP contribution in [-0.4, -0.2) is 29.9 Å². The molecule has 0 aliphatic carbocycles. The molecule has 2 aromatic rings. The topological polar surface area (TPSA) is 32.3 Å². The van der Waals surface area contributed by atoms with E-state index < -0.39 is 40.6 Å². The fraction of sp³-hybridized carbons (Fsp3) is 0.389. The van der Waals surface area contributed by atoms with Crippen molar-refractivity contribution in [3.05, 3.63) is 56.5 Å². The third kappa shape index (κ3) is 3.45. The van der Waals surface area contributed by atoms with Gasteiger partial charge in [0.25, 0.3) is 5.91 Å². The molecule has 0 radical (unpaired) electrons. The summed E-state index contributed by atoms with van der Waals surface area (Å²) in [6, 6.07) is 2.37. The van der Waals surface area contributed by atoms with Gasteiger partial charge in [-0.3, -0.25) is 9.69 Å². The van der Waals surface area contributed by atoms with Gasteiger partial charge in [0.05, 0.1) is 0 Å². The number of hydrogen-bond donors (Lipinski definition) is 1. The molecule has 3 rings (SSSR count). The number of fused-ring (bicyclic) bond motifs is 1. The lowest BCUT2D eigenvalue weighted by Crippen LogP contribution is -2.44. The first-order valence-electron chi connectivity index (χ1n) is 8.35. The molecule has 1 N–H and O–H groups in total. The average Bonchev–Trinajstić information content (AvgIpc) is 3.09. The fourth-order valence-electron chi connectivity index (χ4n) is 3.46. The number of amides is 1. The van der Waals surface area contributed by atoms with Gasteiger partial charge in [0, 0.05) is 30.1 Å². The molecule has 1 amide bonds. The van der Waals surface area contributed by atoms with Gasteiger partial charge in [0.15, 0.2) is 23.3 Å². The van der Waals surface area contributed by atoms with Crippen LogP contribution in [0.25, 0.3) is 0 Å². The highest BCUT2D eigenvalue weighted by molar-refractivity contribution is 7.10. The Morgan fingerprint density at radius 2 is 1.70 bits per heavy atom. The van der Waals surface area contributed by atoms with Crippen LogP contribution in [0.15, 0.2) is 11.4 Å². The van der Waals surface area contributed by atoms with Crippen molar-refractivity contribution in [2.75, 3.05) is 13.1 Å². The van der Waals surface area contributed by atoms with Crippen LogP contribution in [0.1, 0.15) is 40.7 Å². The summed E-state index contributed by atoms with van der Waals surface area (Å²) >= 11 is 1.64. The monoisotopic (exact) mass is 404 g/mol. The standard InChI is InChI=1S/C18H17F5N2OS/c1-8-7-10-3-6-27-17(10)9(2)25(8)5-4-24-18(26)11-12(19)14(21)16(23)15(22)13(11)20/h3,6,8-9H,4-5,7H2,1-2H3,(H,24,26)/t8-,9+/m1/s1. The van der Waals surface area contributed by atoms with Crippen LogP contribution in [0.3, 0.4) is 0 Å². The van der Waals surface area contributed by atoms with E-state index in [1.807, 2.05) is 19.2 Å². The maximum Gasteiger partial charge on any atom is 0.257 e. The van der Waals surface area contributed by atoms with Gasteiger partial charge in [-0.25, -0.2) is 22.0 Å². The zero-order chi connectivity index (χ0) is 19.9. The maximum atomic E-state index is 13.7. The van der Waals surface area contributed by atoms with E-state index >= 15 is 0 Å². The van der Waals surface area contributed by atoms with Crippen molar-refractivity contribution < 1.29 is 26.7 Å². The van der Waals surface area contributed by atoms with Crippen molar-refractivity contribution in [3.8, 4) is 0 Å². The summed E-state index contributed by atoms with van der Waals surface area (Å²) in [6.07, 6.45) is 0.842. The number of carbonyl (C=O) groups is 1. The number of carbonyl (C=O) groups excluding carboxylic acids is 1. The second-order valence-corrected chi connectivity index (χ2v) is 7.43.